The molecule has 0 spiro atoms. The van der Waals surface area contributed by atoms with Crippen molar-refractivity contribution in [2.24, 2.45) is 0 Å². The molecule has 0 aliphatic rings. The Morgan fingerprint density at radius 3 is 2.21 bits per heavy atom. The van der Waals surface area contributed by atoms with Crippen molar-refractivity contribution < 1.29 is 9.72 Å². The van der Waals surface area contributed by atoms with Gasteiger partial charge in [-0.3, -0.25) is 14.9 Å². The van der Waals surface area contributed by atoms with E-state index in [9.17, 15) is 14.9 Å². The molecule has 2 rings (SSSR count). The standard InChI is InChI=1S/C18H19ClN2O3/c1-11(2)13-4-6-14(7-5-13)12(3)20-18(22)16-9-8-15(19)10-17(16)21(23)24/h4-12H,1-3H3,(H,20,22). The molecule has 0 radical (unpaired) electrons. The van der Waals surface area contributed by atoms with Crippen LogP contribution >= 0.6 is 11.6 Å². The van der Waals surface area contributed by atoms with Crippen molar-refractivity contribution >= 4 is 23.2 Å². The molecule has 0 aliphatic heterocycles. The first-order chi connectivity index (χ1) is 11.3. The molecule has 0 heterocycles. The lowest BCUT2D eigenvalue weighted by molar-refractivity contribution is -0.385. The van der Waals surface area contributed by atoms with Gasteiger partial charge in [0.1, 0.15) is 5.56 Å². The molecule has 1 amide bonds. The molecule has 0 aliphatic carbocycles. The third-order valence-corrected chi connectivity index (χ3v) is 4.09. The summed E-state index contributed by atoms with van der Waals surface area (Å²) in [6.07, 6.45) is 0. The first-order valence-corrected chi connectivity index (χ1v) is 8.02. The summed E-state index contributed by atoms with van der Waals surface area (Å²) in [7, 11) is 0. The van der Waals surface area contributed by atoms with E-state index in [4.69, 9.17) is 11.6 Å². The number of halogens is 1. The van der Waals surface area contributed by atoms with Gasteiger partial charge in [0, 0.05) is 11.1 Å². The van der Waals surface area contributed by atoms with E-state index in [0.29, 0.717) is 5.92 Å². The normalized spacial score (nSPS) is 12.0. The number of hydrogen-bond acceptors (Lipinski definition) is 3. The summed E-state index contributed by atoms with van der Waals surface area (Å²) in [6.45, 7) is 6.06. The average molecular weight is 347 g/mol. The molecule has 0 saturated carbocycles. The summed E-state index contributed by atoms with van der Waals surface area (Å²) in [4.78, 5) is 22.9. The van der Waals surface area contributed by atoms with Gasteiger partial charge in [-0.2, -0.15) is 0 Å². The van der Waals surface area contributed by atoms with Crippen LogP contribution in [0.2, 0.25) is 5.02 Å². The molecule has 0 saturated heterocycles. The minimum Gasteiger partial charge on any atom is -0.345 e. The third kappa shape index (κ3) is 4.11. The number of carbonyl (C=O) groups is 1. The van der Waals surface area contributed by atoms with E-state index in [0.717, 1.165) is 5.56 Å². The minimum atomic E-state index is -0.608. The first kappa shape index (κ1) is 17.9. The molecule has 0 bridgehead atoms. The number of nitrogens with one attached hydrogen (secondary N) is 1. The number of amides is 1. The molecular weight excluding hydrogens is 328 g/mol. The van der Waals surface area contributed by atoms with E-state index in [1.165, 1.54) is 23.8 Å². The molecule has 2 aromatic rings. The number of benzene rings is 2. The second-order valence-electron chi connectivity index (χ2n) is 5.94. The number of hydrogen-bond donors (Lipinski definition) is 1. The Morgan fingerprint density at radius 2 is 1.67 bits per heavy atom. The molecular formula is C18H19ClN2O3. The highest BCUT2D eigenvalue weighted by Crippen LogP contribution is 2.24. The van der Waals surface area contributed by atoms with Crippen LogP contribution in [0.15, 0.2) is 42.5 Å². The maximum absolute atomic E-state index is 12.4. The van der Waals surface area contributed by atoms with Crippen molar-refractivity contribution in [2.75, 3.05) is 0 Å². The van der Waals surface area contributed by atoms with Gasteiger partial charge in [0.05, 0.1) is 11.0 Å². The van der Waals surface area contributed by atoms with E-state index in [1.807, 2.05) is 31.2 Å². The van der Waals surface area contributed by atoms with Crippen molar-refractivity contribution in [1.82, 2.24) is 5.32 Å². The van der Waals surface area contributed by atoms with Gasteiger partial charge in [0.2, 0.25) is 0 Å². The fourth-order valence-electron chi connectivity index (χ4n) is 2.38. The molecule has 0 aromatic heterocycles. The number of nitro groups is 1. The zero-order valence-corrected chi connectivity index (χ0v) is 14.5. The van der Waals surface area contributed by atoms with Crippen molar-refractivity contribution in [2.45, 2.75) is 32.7 Å². The van der Waals surface area contributed by atoms with E-state index >= 15 is 0 Å². The molecule has 1 unspecified atom stereocenters. The van der Waals surface area contributed by atoms with Gasteiger partial charge in [0.15, 0.2) is 0 Å². The Labute approximate surface area is 145 Å². The largest absolute Gasteiger partial charge is 0.345 e. The van der Waals surface area contributed by atoms with E-state index in [1.54, 1.807) is 0 Å². The summed E-state index contributed by atoms with van der Waals surface area (Å²) in [5.41, 5.74) is 1.84. The lowest BCUT2D eigenvalue weighted by atomic mass is 9.99. The fraction of sp³-hybridized carbons (Fsp3) is 0.278. The Bertz CT molecular complexity index is 757. The highest BCUT2D eigenvalue weighted by atomic mass is 35.5. The van der Waals surface area contributed by atoms with Gasteiger partial charge >= 0.3 is 0 Å². The topological polar surface area (TPSA) is 72.2 Å². The van der Waals surface area contributed by atoms with Crippen molar-refractivity contribution in [3.8, 4) is 0 Å². The number of nitrogens with zero attached hydrogens (tertiary/aromatic N) is 1. The Kier molecular flexibility index (Phi) is 5.57. The molecule has 2 aromatic carbocycles. The van der Waals surface area contributed by atoms with E-state index in [2.05, 4.69) is 19.2 Å². The molecule has 126 valence electrons. The van der Waals surface area contributed by atoms with Crippen LogP contribution in [0.1, 0.15) is 54.2 Å². The van der Waals surface area contributed by atoms with E-state index < -0.39 is 10.8 Å². The third-order valence-electron chi connectivity index (χ3n) is 3.85. The predicted octanol–water partition coefficient (Wildman–Crippen LogP) is 4.86. The van der Waals surface area contributed by atoms with Crippen molar-refractivity contribution in [1.29, 1.82) is 0 Å². The number of nitro benzene ring substituents is 1. The molecule has 0 fully saturated rings. The van der Waals surface area contributed by atoms with Gasteiger partial charge in [-0.25, -0.2) is 0 Å². The van der Waals surface area contributed by atoms with Crippen LogP contribution in [0.3, 0.4) is 0 Å². The Hall–Kier alpha value is -2.40. The smallest absolute Gasteiger partial charge is 0.283 e. The lowest BCUT2D eigenvalue weighted by Crippen LogP contribution is -2.27. The summed E-state index contributed by atoms with van der Waals surface area (Å²) in [5.74, 6) is -0.0699. The Balaban J connectivity index is 2.18. The molecule has 1 N–H and O–H groups in total. The van der Waals surface area contributed by atoms with Crippen LogP contribution in [-0.4, -0.2) is 10.8 Å². The highest BCUT2D eigenvalue weighted by molar-refractivity contribution is 6.31. The van der Waals surface area contributed by atoms with Crippen LogP contribution in [0.25, 0.3) is 0 Å². The number of carbonyl (C=O) groups excluding carboxylic acids is 1. The first-order valence-electron chi connectivity index (χ1n) is 7.64. The van der Waals surface area contributed by atoms with Crippen molar-refractivity contribution in [3.63, 3.8) is 0 Å². The summed E-state index contributed by atoms with van der Waals surface area (Å²) in [6, 6.07) is 11.7. The second-order valence-corrected chi connectivity index (χ2v) is 6.37. The fourth-order valence-corrected chi connectivity index (χ4v) is 2.54. The van der Waals surface area contributed by atoms with Crippen molar-refractivity contribution in [3.05, 3.63) is 74.3 Å². The van der Waals surface area contributed by atoms with Crippen LogP contribution in [-0.2, 0) is 0 Å². The van der Waals surface area contributed by atoms with Gasteiger partial charge in [-0.05, 0) is 36.1 Å². The maximum atomic E-state index is 12.4. The molecule has 1 atom stereocenters. The van der Waals surface area contributed by atoms with Crippen LogP contribution in [0.4, 0.5) is 5.69 Å². The second kappa shape index (κ2) is 7.45. The van der Waals surface area contributed by atoms with E-state index in [-0.39, 0.29) is 22.3 Å². The van der Waals surface area contributed by atoms with Gasteiger partial charge in [-0.1, -0.05) is 49.7 Å². The highest BCUT2D eigenvalue weighted by Gasteiger charge is 2.22. The minimum absolute atomic E-state index is 0.00458. The summed E-state index contributed by atoms with van der Waals surface area (Å²) >= 11 is 5.77. The summed E-state index contributed by atoms with van der Waals surface area (Å²) in [5, 5.41) is 14.1. The Morgan fingerprint density at radius 1 is 1.08 bits per heavy atom. The monoisotopic (exact) mass is 346 g/mol. The zero-order chi connectivity index (χ0) is 17.9. The lowest BCUT2D eigenvalue weighted by Gasteiger charge is -2.15. The van der Waals surface area contributed by atoms with Crippen LogP contribution in [0, 0.1) is 10.1 Å². The van der Waals surface area contributed by atoms with Gasteiger partial charge in [0.25, 0.3) is 11.6 Å². The predicted molar refractivity (Wildman–Crippen MR) is 94.5 cm³/mol. The number of rotatable bonds is 5. The van der Waals surface area contributed by atoms with Crippen LogP contribution in [0.5, 0.6) is 0 Å². The summed E-state index contributed by atoms with van der Waals surface area (Å²) < 4.78 is 0. The van der Waals surface area contributed by atoms with Gasteiger partial charge in [-0.15, -0.1) is 0 Å². The molecule has 5 nitrogen and oxygen atoms in total. The van der Waals surface area contributed by atoms with Crippen LogP contribution < -0.4 is 5.32 Å². The average Bonchev–Trinajstić information content (AvgIpc) is 2.54. The van der Waals surface area contributed by atoms with Gasteiger partial charge < -0.3 is 5.32 Å². The molecule has 6 heteroatoms. The molecule has 24 heavy (non-hydrogen) atoms. The maximum Gasteiger partial charge on any atom is 0.283 e. The zero-order valence-electron chi connectivity index (χ0n) is 13.7. The quantitative estimate of drug-likeness (QED) is 0.620. The SMILES string of the molecule is CC(C)c1ccc(C(C)NC(=O)c2ccc(Cl)cc2[N+](=O)[O-])cc1.